The van der Waals surface area contributed by atoms with Gasteiger partial charge in [-0.3, -0.25) is 4.99 Å². The van der Waals surface area contributed by atoms with Gasteiger partial charge in [-0.1, -0.05) is 18.2 Å². The van der Waals surface area contributed by atoms with Gasteiger partial charge in [0, 0.05) is 6.08 Å². The number of carbonyl (C=O) groups is 1. The van der Waals surface area contributed by atoms with Gasteiger partial charge in [0.1, 0.15) is 36.5 Å². The molecule has 0 aliphatic carbocycles. The molecule has 0 spiro atoms. The minimum atomic E-state index is -1.17. The molecule has 0 amide bonds. The van der Waals surface area contributed by atoms with E-state index in [0.29, 0.717) is 12.4 Å². The normalized spacial score (nSPS) is 36.1. The Morgan fingerprint density at radius 3 is 2.96 bits per heavy atom. The smallest absolute Gasteiger partial charge is 0.330 e. The Morgan fingerprint density at radius 1 is 1.38 bits per heavy atom. The van der Waals surface area contributed by atoms with Gasteiger partial charge in [0.2, 0.25) is 0 Å². The van der Waals surface area contributed by atoms with Crippen LogP contribution in [0.1, 0.15) is 6.92 Å². The molecule has 3 heterocycles. The van der Waals surface area contributed by atoms with Crippen LogP contribution in [0.15, 0.2) is 39.3 Å². The first-order valence-electron chi connectivity index (χ1n) is 8.21. The molecule has 140 valence electrons. The largest absolute Gasteiger partial charge is 0.463 e. The number of carbonyl (C=O) groups excluding carboxylic acids is 1. The van der Waals surface area contributed by atoms with Gasteiger partial charge in [0.05, 0.1) is 12.9 Å². The quantitative estimate of drug-likeness (QED) is 0.308. The molecule has 0 saturated carbocycles. The van der Waals surface area contributed by atoms with E-state index < -0.39 is 42.7 Å². The van der Waals surface area contributed by atoms with Gasteiger partial charge in [-0.05, 0) is 6.92 Å². The number of rotatable bonds is 5. The van der Waals surface area contributed by atoms with Crippen molar-refractivity contribution in [1.29, 1.82) is 0 Å². The van der Waals surface area contributed by atoms with E-state index in [-0.39, 0.29) is 0 Å². The molecule has 0 bridgehead atoms. The van der Waals surface area contributed by atoms with Crippen LogP contribution in [0.2, 0.25) is 0 Å². The van der Waals surface area contributed by atoms with Gasteiger partial charge >= 0.3 is 5.97 Å². The van der Waals surface area contributed by atoms with Crippen LogP contribution in [0, 0.1) is 0 Å². The molecule has 0 radical (unpaired) electrons. The number of hydrogen-bond donors (Lipinski definition) is 3. The van der Waals surface area contributed by atoms with Gasteiger partial charge in [-0.25, -0.2) is 14.8 Å². The Hall–Kier alpha value is -2.56. The highest BCUT2D eigenvalue weighted by molar-refractivity contribution is 5.96. The summed E-state index contributed by atoms with van der Waals surface area (Å²) in [5.74, 6) is -0.131. The Labute approximate surface area is 150 Å². The Morgan fingerprint density at radius 2 is 2.19 bits per heavy atom. The average Bonchev–Trinajstić information content (AvgIpc) is 3.16. The van der Waals surface area contributed by atoms with Crippen molar-refractivity contribution in [3.63, 3.8) is 0 Å². The fourth-order valence-electron chi connectivity index (χ4n) is 2.89. The third kappa shape index (κ3) is 3.52. The molecule has 6 unspecified atom stereocenters. The molecule has 4 N–H and O–H groups in total. The lowest BCUT2D eigenvalue weighted by Crippen LogP contribution is -2.51. The van der Waals surface area contributed by atoms with Crippen molar-refractivity contribution in [1.82, 2.24) is 4.90 Å². The molecule has 1 fully saturated rings. The maximum atomic E-state index is 11.2. The van der Waals surface area contributed by atoms with Crippen LogP contribution in [-0.2, 0) is 14.3 Å². The number of fused-ring (bicyclic) bond motifs is 1. The lowest BCUT2D eigenvalue weighted by Gasteiger charge is -2.31. The lowest BCUT2D eigenvalue weighted by atomic mass is 10.1. The molecule has 1 saturated heterocycles. The van der Waals surface area contributed by atoms with Crippen molar-refractivity contribution in [2.75, 3.05) is 6.61 Å². The standard InChI is InChI=1S/C16H21N5O5/c1-2-25-10(22)6-4-3-5-9-12(23)13(24)16(26-9)21-8-20-11-14(17)18-7-19-15(11)21/h3-9,11-13,15-16,23-24H,2H2,1H3,(H2,17,18,19)/b5-3+,6-4-. The van der Waals surface area contributed by atoms with Crippen molar-refractivity contribution in [3.8, 4) is 0 Å². The minimum Gasteiger partial charge on any atom is -0.463 e. The van der Waals surface area contributed by atoms with Gasteiger partial charge < -0.3 is 30.3 Å². The first-order valence-corrected chi connectivity index (χ1v) is 8.21. The first-order chi connectivity index (χ1) is 12.5. The molecular weight excluding hydrogens is 342 g/mol. The van der Waals surface area contributed by atoms with Gasteiger partial charge in [0.15, 0.2) is 12.4 Å². The number of hydrogen-bond acceptors (Lipinski definition) is 10. The molecule has 3 rings (SSSR count). The van der Waals surface area contributed by atoms with Crippen LogP contribution in [0.25, 0.3) is 0 Å². The molecule has 10 heteroatoms. The second-order valence-corrected chi connectivity index (χ2v) is 5.86. The second-order valence-electron chi connectivity index (χ2n) is 5.86. The monoisotopic (exact) mass is 363 g/mol. The minimum absolute atomic E-state index is 0.294. The zero-order valence-electron chi connectivity index (χ0n) is 14.1. The average molecular weight is 363 g/mol. The summed E-state index contributed by atoms with van der Waals surface area (Å²) in [6, 6.07) is -0.435. The number of nitrogens with zero attached hydrogens (tertiary/aromatic N) is 4. The number of aliphatic hydroxyl groups excluding tert-OH is 2. The summed E-state index contributed by atoms with van der Waals surface area (Å²) < 4.78 is 10.5. The fourth-order valence-corrected chi connectivity index (χ4v) is 2.89. The fraction of sp³-hybridized carbons (Fsp3) is 0.500. The Kier molecular flexibility index (Phi) is 5.45. The van der Waals surface area contributed by atoms with Crippen LogP contribution in [-0.4, -0.2) is 82.9 Å². The number of aliphatic hydroxyl groups is 2. The number of aliphatic imine (C=N–C) groups is 3. The van der Waals surface area contributed by atoms with Crippen LogP contribution < -0.4 is 5.73 Å². The van der Waals surface area contributed by atoms with E-state index in [1.54, 1.807) is 24.0 Å². The zero-order chi connectivity index (χ0) is 18.7. The van der Waals surface area contributed by atoms with Crippen molar-refractivity contribution >= 4 is 24.5 Å². The zero-order valence-corrected chi connectivity index (χ0v) is 14.1. The Balaban J connectivity index is 1.63. The molecular formula is C16H21N5O5. The van der Waals surface area contributed by atoms with E-state index in [1.807, 2.05) is 0 Å². The van der Waals surface area contributed by atoms with Crippen molar-refractivity contribution < 1.29 is 24.5 Å². The highest BCUT2D eigenvalue weighted by Crippen LogP contribution is 2.29. The number of amidine groups is 1. The van der Waals surface area contributed by atoms with E-state index in [9.17, 15) is 15.0 Å². The molecule has 3 aliphatic heterocycles. The molecule has 3 aliphatic rings. The molecule has 0 aromatic rings. The summed E-state index contributed by atoms with van der Waals surface area (Å²) >= 11 is 0. The lowest BCUT2D eigenvalue weighted by molar-refractivity contribution is -0.137. The topological polar surface area (TPSA) is 142 Å². The predicted molar refractivity (Wildman–Crippen MR) is 93.6 cm³/mol. The van der Waals surface area contributed by atoms with Crippen LogP contribution in [0.5, 0.6) is 0 Å². The van der Waals surface area contributed by atoms with E-state index in [2.05, 4.69) is 15.0 Å². The molecule has 26 heavy (non-hydrogen) atoms. The summed E-state index contributed by atoms with van der Waals surface area (Å²) in [7, 11) is 0. The maximum absolute atomic E-state index is 11.2. The molecule has 10 nitrogen and oxygen atoms in total. The molecule has 6 atom stereocenters. The predicted octanol–water partition coefficient (Wildman–Crippen LogP) is -1.45. The summed E-state index contributed by atoms with van der Waals surface area (Å²) in [5.41, 5.74) is 5.81. The van der Waals surface area contributed by atoms with E-state index in [0.717, 1.165) is 0 Å². The van der Waals surface area contributed by atoms with E-state index in [1.165, 1.54) is 24.8 Å². The number of allylic oxidation sites excluding steroid dienone is 2. The van der Waals surface area contributed by atoms with Crippen molar-refractivity contribution in [3.05, 3.63) is 24.3 Å². The third-order valence-corrected chi connectivity index (χ3v) is 4.18. The van der Waals surface area contributed by atoms with Crippen molar-refractivity contribution in [2.24, 2.45) is 20.7 Å². The van der Waals surface area contributed by atoms with Crippen LogP contribution in [0.4, 0.5) is 0 Å². The summed E-state index contributed by atoms with van der Waals surface area (Å²) in [6.07, 6.45) is 4.29. The molecule has 0 aromatic heterocycles. The summed E-state index contributed by atoms with van der Waals surface area (Å²) in [4.78, 5) is 25.2. The van der Waals surface area contributed by atoms with Crippen LogP contribution >= 0.6 is 0 Å². The van der Waals surface area contributed by atoms with Gasteiger partial charge in [-0.15, -0.1) is 0 Å². The summed E-state index contributed by atoms with van der Waals surface area (Å²) in [6.45, 7) is 2.01. The second kappa shape index (κ2) is 7.77. The SMILES string of the molecule is CCOC(=O)/C=C\C=C\C1OC(N2C=NC3C(N)=NC=NC32)C(O)C1O. The highest BCUT2D eigenvalue weighted by Gasteiger charge is 2.49. The summed E-state index contributed by atoms with van der Waals surface area (Å²) in [5, 5.41) is 20.6. The number of nitrogens with two attached hydrogens (primary N) is 1. The van der Waals surface area contributed by atoms with E-state index >= 15 is 0 Å². The van der Waals surface area contributed by atoms with E-state index in [4.69, 9.17) is 15.2 Å². The molecule has 0 aromatic carbocycles. The van der Waals surface area contributed by atoms with Crippen LogP contribution in [0.3, 0.4) is 0 Å². The maximum Gasteiger partial charge on any atom is 0.330 e. The highest BCUT2D eigenvalue weighted by atomic mass is 16.6. The Bertz CT molecular complexity index is 689. The first kappa shape index (κ1) is 18.2. The van der Waals surface area contributed by atoms with Crippen molar-refractivity contribution in [2.45, 2.75) is 43.7 Å². The number of esters is 1. The van der Waals surface area contributed by atoms with Gasteiger partial charge in [0.25, 0.3) is 0 Å². The van der Waals surface area contributed by atoms with Gasteiger partial charge in [-0.2, -0.15) is 0 Å². The third-order valence-electron chi connectivity index (χ3n) is 4.18. The number of ether oxygens (including phenoxy) is 2.